The highest BCUT2D eigenvalue weighted by Gasteiger charge is 2.24. The molecule has 3 atom stereocenters. The molecule has 1 aromatic rings. The van der Waals surface area contributed by atoms with Gasteiger partial charge in [-0.1, -0.05) is 11.6 Å². The standard InChI is InChI=1S/C15H20ClNO2S/c1-10(20-14-6-3-12(16)4-7-14)15(19)17-9-11-2-5-13(18)8-11/h3-4,6-7,10-11,13,18H,2,5,8-9H2,1H3,(H,17,19). The second-order valence-electron chi connectivity index (χ2n) is 5.29. The first-order valence-electron chi connectivity index (χ1n) is 6.92. The maximum Gasteiger partial charge on any atom is 0.233 e. The molecule has 1 saturated carbocycles. The van der Waals surface area contributed by atoms with Crippen LogP contribution < -0.4 is 5.32 Å². The molecule has 2 rings (SSSR count). The molecule has 0 aromatic heterocycles. The summed E-state index contributed by atoms with van der Waals surface area (Å²) >= 11 is 7.36. The fraction of sp³-hybridized carbons (Fsp3) is 0.533. The Morgan fingerprint density at radius 1 is 1.45 bits per heavy atom. The Kier molecular flexibility index (Phi) is 5.75. The van der Waals surface area contributed by atoms with E-state index in [2.05, 4.69) is 5.32 Å². The Bertz CT molecular complexity index is 452. The van der Waals surface area contributed by atoms with Crippen molar-refractivity contribution < 1.29 is 9.90 Å². The van der Waals surface area contributed by atoms with Gasteiger partial charge in [0.15, 0.2) is 0 Å². The van der Waals surface area contributed by atoms with E-state index in [-0.39, 0.29) is 17.3 Å². The minimum Gasteiger partial charge on any atom is -0.393 e. The monoisotopic (exact) mass is 313 g/mol. The van der Waals surface area contributed by atoms with Crippen LogP contribution in [0.4, 0.5) is 0 Å². The van der Waals surface area contributed by atoms with E-state index in [9.17, 15) is 9.90 Å². The predicted octanol–water partition coefficient (Wildman–Crippen LogP) is 3.10. The molecule has 0 aliphatic heterocycles. The summed E-state index contributed by atoms with van der Waals surface area (Å²) in [5.41, 5.74) is 0. The highest BCUT2D eigenvalue weighted by molar-refractivity contribution is 8.00. The molecule has 0 saturated heterocycles. The summed E-state index contributed by atoms with van der Waals surface area (Å²) < 4.78 is 0. The molecule has 1 aromatic carbocycles. The number of thioether (sulfide) groups is 1. The van der Waals surface area contributed by atoms with Crippen LogP contribution in [0.2, 0.25) is 5.02 Å². The first kappa shape index (κ1) is 15.7. The van der Waals surface area contributed by atoms with Gasteiger partial charge < -0.3 is 10.4 Å². The second kappa shape index (κ2) is 7.34. The van der Waals surface area contributed by atoms with Gasteiger partial charge in [-0.05, 0) is 56.4 Å². The summed E-state index contributed by atoms with van der Waals surface area (Å²) in [4.78, 5) is 13.1. The van der Waals surface area contributed by atoms with Crippen molar-refractivity contribution in [3.05, 3.63) is 29.3 Å². The van der Waals surface area contributed by atoms with Gasteiger partial charge in [0.05, 0.1) is 11.4 Å². The van der Waals surface area contributed by atoms with Gasteiger partial charge in [0.1, 0.15) is 0 Å². The Labute approximate surface area is 129 Å². The highest BCUT2D eigenvalue weighted by atomic mass is 35.5. The predicted molar refractivity (Wildman–Crippen MR) is 83.1 cm³/mol. The number of halogens is 1. The van der Waals surface area contributed by atoms with Crippen LogP contribution in [-0.2, 0) is 4.79 Å². The van der Waals surface area contributed by atoms with Crippen LogP contribution >= 0.6 is 23.4 Å². The minimum absolute atomic E-state index is 0.0475. The van der Waals surface area contributed by atoms with E-state index in [1.807, 2.05) is 31.2 Å². The fourth-order valence-corrected chi connectivity index (χ4v) is 3.41. The van der Waals surface area contributed by atoms with E-state index in [4.69, 9.17) is 11.6 Å². The van der Waals surface area contributed by atoms with Crippen molar-refractivity contribution in [2.45, 2.75) is 42.4 Å². The Morgan fingerprint density at radius 2 is 2.15 bits per heavy atom. The summed E-state index contributed by atoms with van der Waals surface area (Å²) in [5.74, 6) is 0.466. The number of benzene rings is 1. The lowest BCUT2D eigenvalue weighted by atomic mass is 10.1. The number of carbonyl (C=O) groups excluding carboxylic acids is 1. The summed E-state index contributed by atoms with van der Waals surface area (Å²) in [6.45, 7) is 2.57. The zero-order chi connectivity index (χ0) is 14.5. The van der Waals surface area contributed by atoms with E-state index in [0.717, 1.165) is 24.2 Å². The molecule has 20 heavy (non-hydrogen) atoms. The minimum atomic E-state index is -0.183. The van der Waals surface area contributed by atoms with Crippen LogP contribution in [0, 0.1) is 5.92 Å². The number of rotatable bonds is 5. The van der Waals surface area contributed by atoms with E-state index in [0.29, 0.717) is 17.5 Å². The molecule has 5 heteroatoms. The molecule has 1 aliphatic carbocycles. The van der Waals surface area contributed by atoms with Crippen LogP contribution in [0.5, 0.6) is 0 Å². The Balaban J connectivity index is 1.75. The second-order valence-corrected chi connectivity index (χ2v) is 7.14. The quantitative estimate of drug-likeness (QED) is 0.821. The van der Waals surface area contributed by atoms with Crippen molar-refractivity contribution in [3.63, 3.8) is 0 Å². The van der Waals surface area contributed by atoms with Gasteiger partial charge in [-0.25, -0.2) is 0 Å². The SMILES string of the molecule is CC(Sc1ccc(Cl)cc1)C(=O)NCC1CCC(O)C1. The molecule has 0 heterocycles. The van der Waals surface area contributed by atoms with Crippen LogP contribution in [0.15, 0.2) is 29.2 Å². The molecule has 1 amide bonds. The first-order valence-corrected chi connectivity index (χ1v) is 8.18. The van der Waals surface area contributed by atoms with E-state index in [1.165, 1.54) is 11.8 Å². The van der Waals surface area contributed by atoms with Crippen molar-refractivity contribution >= 4 is 29.3 Å². The topological polar surface area (TPSA) is 49.3 Å². The molecular formula is C15H20ClNO2S. The van der Waals surface area contributed by atoms with Gasteiger partial charge in [0.25, 0.3) is 0 Å². The molecule has 1 fully saturated rings. The van der Waals surface area contributed by atoms with Crippen molar-refractivity contribution in [3.8, 4) is 0 Å². The molecule has 3 nitrogen and oxygen atoms in total. The van der Waals surface area contributed by atoms with Gasteiger partial charge in [-0.3, -0.25) is 4.79 Å². The smallest absolute Gasteiger partial charge is 0.233 e. The normalized spacial score (nSPS) is 23.6. The largest absolute Gasteiger partial charge is 0.393 e. The first-order chi connectivity index (χ1) is 9.54. The third-order valence-electron chi connectivity index (χ3n) is 3.57. The van der Waals surface area contributed by atoms with E-state index < -0.39 is 0 Å². The van der Waals surface area contributed by atoms with Gasteiger partial charge in [0.2, 0.25) is 5.91 Å². The van der Waals surface area contributed by atoms with E-state index >= 15 is 0 Å². The third-order valence-corrected chi connectivity index (χ3v) is 4.94. The van der Waals surface area contributed by atoms with Crippen molar-refractivity contribution in [1.29, 1.82) is 0 Å². The molecule has 0 radical (unpaired) electrons. The third kappa shape index (κ3) is 4.69. The highest BCUT2D eigenvalue weighted by Crippen LogP contribution is 2.26. The van der Waals surface area contributed by atoms with Gasteiger partial charge in [-0.15, -0.1) is 11.8 Å². The zero-order valence-electron chi connectivity index (χ0n) is 11.5. The molecule has 3 unspecified atom stereocenters. The fourth-order valence-electron chi connectivity index (χ4n) is 2.39. The van der Waals surface area contributed by atoms with E-state index in [1.54, 1.807) is 0 Å². The average Bonchev–Trinajstić information content (AvgIpc) is 2.84. The molecule has 0 spiro atoms. The van der Waals surface area contributed by atoms with Gasteiger partial charge >= 0.3 is 0 Å². The van der Waals surface area contributed by atoms with Crippen LogP contribution in [0.3, 0.4) is 0 Å². The van der Waals surface area contributed by atoms with Crippen LogP contribution in [0.1, 0.15) is 26.2 Å². The van der Waals surface area contributed by atoms with Gasteiger partial charge in [0, 0.05) is 16.5 Å². The number of hydrogen-bond donors (Lipinski definition) is 2. The summed E-state index contributed by atoms with van der Waals surface area (Å²) in [5, 5.41) is 13.0. The number of nitrogens with one attached hydrogen (secondary N) is 1. The van der Waals surface area contributed by atoms with Crippen molar-refractivity contribution in [2.75, 3.05) is 6.54 Å². The van der Waals surface area contributed by atoms with Gasteiger partial charge in [-0.2, -0.15) is 0 Å². The lowest BCUT2D eigenvalue weighted by Crippen LogP contribution is -2.34. The number of carbonyl (C=O) groups is 1. The van der Waals surface area contributed by atoms with Crippen molar-refractivity contribution in [2.24, 2.45) is 5.92 Å². The summed E-state index contributed by atoms with van der Waals surface area (Å²) in [6, 6.07) is 7.50. The molecule has 1 aliphatic rings. The number of hydrogen-bond acceptors (Lipinski definition) is 3. The van der Waals surface area contributed by atoms with Crippen molar-refractivity contribution in [1.82, 2.24) is 5.32 Å². The molecule has 0 bridgehead atoms. The van der Waals surface area contributed by atoms with Crippen LogP contribution in [0.25, 0.3) is 0 Å². The zero-order valence-corrected chi connectivity index (χ0v) is 13.1. The maximum atomic E-state index is 12.0. The molecule has 2 N–H and O–H groups in total. The summed E-state index contributed by atoms with van der Waals surface area (Å²) in [6.07, 6.45) is 2.48. The number of aliphatic hydroxyl groups is 1. The number of aliphatic hydroxyl groups excluding tert-OH is 1. The number of amides is 1. The molecular weight excluding hydrogens is 294 g/mol. The molecule has 110 valence electrons. The maximum absolute atomic E-state index is 12.0. The Morgan fingerprint density at radius 3 is 2.75 bits per heavy atom. The lowest BCUT2D eigenvalue weighted by molar-refractivity contribution is -0.120. The average molecular weight is 314 g/mol. The summed E-state index contributed by atoms with van der Waals surface area (Å²) in [7, 11) is 0. The lowest BCUT2D eigenvalue weighted by Gasteiger charge is -2.15. The Hall–Kier alpha value is -0.710. The van der Waals surface area contributed by atoms with Crippen LogP contribution in [-0.4, -0.2) is 28.9 Å².